The Morgan fingerprint density at radius 1 is 1.21 bits per heavy atom. The van der Waals surface area contributed by atoms with E-state index in [0.717, 1.165) is 19.1 Å². The Morgan fingerprint density at radius 2 is 1.79 bits per heavy atom. The third-order valence-electron chi connectivity index (χ3n) is 3.34. The maximum absolute atomic E-state index is 3.39. The molecule has 84 valence electrons. The maximum atomic E-state index is 3.39. The minimum Gasteiger partial charge on any atom is -0.314 e. The topological polar surface area (TPSA) is 18.5 Å². The van der Waals surface area contributed by atoms with E-state index in [1.165, 1.54) is 19.5 Å². The molecule has 0 aromatic heterocycles. The number of nitrogens with one attached hydrogen (secondary N) is 1. The van der Waals surface area contributed by atoms with E-state index < -0.39 is 0 Å². The number of piperazine rings is 1. The normalized spacial score (nSPS) is 23.8. The molecule has 0 amide bonds. The Morgan fingerprint density at radius 3 is 2.29 bits per heavy atom. The molecule has 0 aliphatic carbocycles. The highest BCUT2D eigenvalue weighted by Crippen LogP contribution is 2.10. The highest BCUT2D eigenvalue weighted by atomic mass is 15.2. The van der Waals surface area contributed by atoms with E-state index in [-0.39, 0.29) is 0 Å². The lowest BCUT2D eigenvalue weighted by atomic mass is 10.1. The third kappa shape index (κ3) is 3.56. The smallest absolute Gasteiger partial charge is 0.0110 e. The number of rotatable bonds is 4. The van der Waals surface area contributed by atoms with Gasteiger partial charge in [-0.05, 0) is 34.4 Å². The van der Waals surface area contributed by atoms with Crippen LogP contribution >= 0.6 is 0 Å². The summed E-state index contributed by atoms with van der Waals surface area (Å²) in [6, 6.07) is 1.40. The van der Waals surface area contributed by atoms with Gasteiger partial charge in [0, 0.05) is 38.3 Å². The van der Waals surface area contributed by atoms with Crippen LogP contribution in [0, 0.1) is 0 Å². The second-order valence-corrected chi connectivity index (χ2v) is 4.68. The molecular weight excluding hydrogens is 174 g/mol. The molecule has 14 heavy (non-hydrogen) atoms. The maximum Gasteiger partial charge on any atom is 0.0110 e. The van der Waals surface area contributed by atoms with Crippen molar-refractivity contribution in [3.05, 3.63) is 0 Å². The van der Waals surface area contributed by atoms with Crippen LogP contribution in [0.4, 0.5) is 0 Å². The average Bonchev–Trinajstić information content (AvgIpc) is 2.19. The predicted molar refractivity (Wildman–Crippen MR) is 61.7 cm³/mol. The number of hydrogen-bond acceptors (Lipinski definition) is 3. The molecular formula is C11H25N3. The molecule has 1 saturated heterocycles. The third-order valence-corrected chi connectivity index (χ3v) is 3.34. The van der Waals surface area contributed by atoms with Gasteiger partial charge >= 0.3 is 0 Å². The SMILES string of the molecule is CC(CC(C)N1CCNCC1)N(C)C. The first-order chi connectivity index (χ1) is 6.61. The molecule has 0 aromatic carbocycles. The van der Waals surface area contributed by atoms with Gasteiger partial charge in [-0.3, -0.25) is 4.90 Å². The molecule has 1 heterocycles. The molecule has 1 N–H and O–H groups in total. The van der Waals surface area contributed by atoms with Gasteiger partial charge in [-0.2, -0.15) is 0 Å². The molecule has 0 bridgehead atoms. The molecule has 1 aliphatic rings. The van der Waals surface area contributed by atoms with E-state index in [0.29, 0.717) is 6.04 Å². The van der Waals surface area contributed by atoms with Gasteiger partial charge < -0.3 is 10.2 Å². The van der Waals surface area contributed by atoms with Gasteiger partial charge in [0.2, 0.25) is 0 Å². The van der Waals surface area contributed by atoms with Crippen molar-refractivity contribution in [2.75, 3.05) is 40.3 Å². The van der Waals surface area contributed by atoms with Crippen LogP contribution in [-0.2, 0) is 0 Å². The van der Waals surface area contributed by atoms with E-state index in [1.807, 2.05) is 0 Å². The predicted octanol–water partition coefficient (Wildman–Crippen LogP) is 0.620. The molecule has 1 aliphatic heterocycles. The van der Waals surface area contributed by atoms with Gasteiger partial charge in [0.15, 0.2) is 0 Å². The van der Waals surface area contributed by atoms with E-state index in [9.17, 15) is 0 Å². The van der Waals surface area contributed by atoms with Crippen molar-refractivity contribution in [3.63, 3.8) is 0 Å². The molecule has 1 fully saturated rings. The van der Waals surface area contributed by atoms with Crippen LogP contribution in [-0.4, -0.2) is 62.2 Å². The summed E-state index contributed by atoms with van der Waals surface area (Å²) in [5.41, 5.74) is 0. The monoisotopic (exact) mass is 199 g/mol. The van der Waals surface area contributed by atoms with E-state index in [4.69, 9.17) is 0 Å². The first-order valence-corrected chi connectivity index (χ1v) is 5.72. The summed E-state index contributed by atoms with van der Waals surface area (Å²) in [5.74, 6) is 0. The van der Waals surface area contributed by atoms with Crippen molar-refractivity contribution in [2.24, 2.45) is 0 Å². The summed E-state index contributed by atoms with van der Waals surface area (Å²) in [4.78, 5) is 4.90. The van der Waals surface area contributed by atoms with Crippen molar-refractivity contribution < 1.29 is 0 Å². The fourth-order valence-electron chi connectivity index (χ4n) is 1.98. The largest absolute Gasteiger partial charge is 0.314 e. The van der Waals surface area contributed by atoms with E-state index in [1.54, 1.807) is 0 Å². The van der Waals surface area contributed by atoms with Gasteiger partial charge in [-0.15, -0.1) is 0 Å². The van der Waals surface area contributed by atoms with Gasteiger partial charge in [0.1, 0.15) is 0 Å². The first kappa shape index (κ1) is 12.0. The standard InChI is InChI=1S/C11H25N3/c1-10(13(3)4)9-11(2)14-7-5-12-6-8-14/h10-12H,5-9H2,1-4H3. The zero-order valence-corrected chi connectivity index (χ0v) is 10.1. The van der Waals surface area contributed by atoms with Crippen LogP contribution in [0.15, 0.2) is 0 Å². The van der Waals surface area contributed by atoms with E-state index in [2.05, 4.69) is 43.1 Å². The van der Waals surface area contributed by atoms with Crippen LogP contribution in [0.25, 0.3) is 0 Å². The van der Waals surface area contributed by atoms with Gasteiger partial charge in [0.05, 0.1) is 0 Å². The van der Waals surface area contributed by atoms with Gasteiger partial charge in [-0.1, -0.05) is 0 Å². The second-order valence-electron chi connectivity index (χ2n) is 4.68. The highest BCUT2D eigenvalue weighted by molar-refractivity contribution is 4.76. The van der Waals surface area contributed by atoms with Gasteiger partial charge in [-0.25, -0.2) is 0 Å². The molecule has 2 atom stereocenters. The summed E-state index contributed by atoms with van der Waals surface area (Å²) >= 11 is 0. The van der Waals surface area contributed by atoms with Crippen molar-refractivity contribution in [1.82, 2.24) is 15.1 Å². The second kappa shape index (κ2) is 5.69. The zero-order chi connectivity index (χ0) is 10.6. The average molecular weight is 199 g/mol. The van der Waals surface area contributed by atoms with E-state index >= 15 is 0 Å². The number of nitrogens with zero attached hydrogens (tertiary/aromatic N) is 2. The van der Waals surface area contributed by atoms with Crippen LogP contribution in [0.1, 0.15) is 20.3 Å². The summed E-state index contributed by atoms with van der Waals surface area (Å²) in [6.45, 7) is 9.38. The summed E-state index contributed by atoms with van der Waals surface area (Å²) < 4.78 is 0. The van der Waals surface area contributed by atoms with Crippen LogP contribution in [0.5, 0.6) is 0 Å². The minimum atomic E-state index is 0.680. The molecule has 0 saturated carbocycles. The van der Waals surface area contributed by atoms with Crippen LogP contribution < -0.4 is 5.32 Å². The number of hydrogen-bond donors (Lipinski definition) is 1. The lowest BCUT2D eigenvalue weighted by molar-refractivity contribution is 0.149. The fourth-order valence-corrected chi connectivity index (χ4v) is 1.98. The summed E-state index contributed by atoms with van der Waals surface area (Å²) in [5, 5.41) is 3.39. The molecule has 1 rings (SSSR count). The van der Waals surface area contributed by atoms with Crippen molar-refractivity contribution in [3.8, 4) is 0 Å². The Balaban J connectivity index is 2.28. The lowest BCUT2D eigenvalue weighted by Gasteiger charge is -2.35. The van der Waals surface area contributed by atoms with Crippen LogP contribution in [0.3, 0.4) is 0 Å². The Labute approximate surface area is 88.5 Å². The summed E-state index contributed by atoms with van der Waals surface area (Å²) in [7, 11) is 4.32. The van der Waals surface area contributed by atoms with Crippen molar-refractivity contribution in [2.45, 2.75) is 32.4 Å². The zero-order valence-electron chi connectivity index (χ0n) is 10.1. The Kier molecular flexibility index (Phi) is 4.85. The minimum absolute atomic E-state index is 0.680. The Bertz CT molecular complexity index is 153. The molecule has 2 unspecified atom stereocenters. The molecule has 0 aromatic rings. The molecule has 3 heteroatoms. The quantitative estimate of drug-likeness (QED) is 0.716. The first-order valence-electron chi connectivity index (χ1n) is 5.72. The van der Waals surface area contributed by atoms with Crippen molar-refractivity contribution in [1.29, 1.82) is 0 Å². The molecule has 0 radical (unpaired) electrons. The lowest BCUT2D eigenvalue weighted by Crippen LogP contribution is -2.48. The summed E-state index contributed by atoms with van der Waals surface area (Å²) in [6.07, 6.45) is 1.27. The fraction of sp³-hybridized carbons (Fsp3) is 1.00. The molecule has 3 nitrogen and oxygen atoms in total. The molecule has 0 spiro atoms. The highest BCUT2D eigenvalue weighted by Gasteiger charge is 2.18. The Hall–Kier alpha value is -0.120. The van der Waals surface area contributed by atoms with Crippen LogP contribution in [0.2, 0.25) is 0 Å². The van der Waals surface area contributed by atoms with Crippen molar-refractivity contribution >= 4 is 0 Å². The van der Waals surface area contributed by atoms with Gasteiger partial charge in [0.25, 0.3) is 0 Å².